The van der Waals surface area contributed by atoms with Gasteiger partial charge < -0.3 is 9.84 Å². The van der Waals surface area contributed by atoms with Gasteiger partial charge in [0, 0.05) is 12.4 Å². The van der Waals surface area contributed by atoms with E-state index in [4.69, 9.17) is 9.84 Å². The van der Waals surface area contributed by atoms with Crippen molar-refractivity contribution in [2.24, 2.45) is 0 Å². The van der Waals surface area contributed by atoms with E-state index >= 15 is 0 Å². The standard InChI is InChI=1S/C8H14N2O2S2/c1-6(2)12-7-9-10-8(14-7)13-5-3-4-11/h6,11H,3-5H2,1-2H3. The molecule has 1 heterocycles. The van der Waals surface area contributed by atoms with Crippen molar-refractivity contribution in [3.05, 3.63) is 0 Å². The molecular weight excluding hydrogens is 220 g/mol. The van der Waals surface area contributed by atoms with Crippen LogP contribution in [0.3, 0.4) is 0 Å². The Morgan fingerprint density at radius 2 is 2.29 bits per heavy atom. The molecule has 80 valence electrons. The zero-order valence-electron chi connectivity index (χ0n) is 8.27. The summed E-state index contributed by atoms with van der Waals surface area (Å²) in [4.78, 5) is 0. The Bertz CT molecular complexity index is 266. The maximum atomic E-state index is 8.60. The van der Waals surface area contributed by atoms with E-state index < -0.39 is 0 Å². The molecule has 0 aliphatic rings. The van der Waals surface area contributed by atoms with Crippen LogP contribution in [0, 0.1) is 0 Å². The third kappa shape index (κ3) is 4.26. The van der Waals surface area contributed by atoms with Crippen molar-refractivity contribution >= 4 is 23.1 Å². The smallest absolute Gasteiger partial charge is 0.295 e. The second kappa shape index (κ2) is 6.21. The molecule has 1 rings (SSSR count). The summed E-state index contributed by atoms with van der Waals surface area (Å²) >= 11 is 3.05. The molecule has 0 atom stereocenters. The van der Waals surface area contributed by atoms with Gasteiger partial charge in [-0.1, -0.05) is 16.9 Å². The van der Waals surface area contributed by atoms with Gasteiger partial charge in [-0.25, -0.2) is 0 Å². The predicted octanol–water partition coefficient (Wildman–Crippen LogP) is 1.80. The number of aliphatic hydroxyl groups is 1. The third-order valence-electron chi connectivity index (χ3n) is 1.25. The molecule has 1 N–H and O–H groups in total. The monoisotopic (exact) mass is 234 g/mol. The molecule has 1 aromatic heterocycles. The fourth-order valence-electron chi connectivity index (χ4n) is 0.729. The van der Waals surface area contributed by atoms with Gasteiger partial charge in [-0.05, 0) is 31.6 Å². The van der Waals surface area contributed by atoms with Crippen LogP contribution in [-0.4, -0.2) is 33.8 Å². The Morgan fingerprint density at radius 3 is 2.93 bits per heavy atom. The molecule has 1 aromatic rings. The van der Waals surface area contributed by atoms with Gasteiger partial charge >= 0.3 is 0 Å². The number of ether oxygens (including phenoxy) is 1. The quantitative estimate of drug-likeness (QED) is 0.601. The minimum absolute atomic E-state index is 0.137. The number of hydrogen-bond acceptors (Lipinski definition) is 6. The van der Waals surface area contributed by atoms with E-state index in [-0.39, 0.29) is 12.7 Å². The van der Waals surface area contributed by atoms with Crippen molar-refractivity contribution in [3.63, 3.8) is 0 Å². The minimum atomic E-state index is 0.137. The molecule has 0 unspecified atom stereocenters. The van der Waals surface area contributed by atoms with Crippen molar-refractivity contribution in [3.8, 4) is 5.19 Å². The Hall–Kier alpha value is -0.330. The summed E-state index contributed by atoms with van der Waals surface area (Å²) in [6, 6.07) is 0. The molecule has 0 spiro atoms. The SMILES string of the molecule is CC(C)Oc1nnc(SCCCO)s1. The molecule has 0 aromatic carbocycles. The Balaban J connectivity index is 2.35. The first-order valence-electron chi connectivity index (χ1n) is 4.46. The van der Waals surface area contributed by atoms with Crippen LogP contribution in [-0.2, 0) is 0 Å². The lowest BCUT2D eigenvalue weighted by molar-refractivity contribution is 0.239. The fraction of sp³-hybridized carbons (Fsp3) is 0.750. The average molecular weight is 234 g/mol. The molecule has 6 heteroatoms. The molecule has 0 saturated heterocycles. The van der Waals surface area contributed by atoms with Crippen LogP contribution in [0.4, 0.5) is 0 Å². The molecule has 0 aliphatic heterocycles. The highest BCUT2D eigenvalue weighted by Gasteiger charge is 2.06. The van der Waals surface area contributed by atoms with Crippen LogP contribution in [0.5, 0.6) is 5.19 Å². The number of aliphatic hydroxyl groups excluding tert-OH is 1. The summed E-state index contributed by atoms with van der Waals surface area (Å²) in [6.45, 7) is 4.14. The van der Waals surface area contributed by atoms with Crippen LogP contribution in [0.25, 0.3) is 0 Å². The fourth-order valence-corrected chi connectivity index (χ4v) is 2.53. The number of nitrogens with zero attached hydrogens (tertiary/aromatic N) is 2. The number of thioether (sulfide) groups is 1. The molecule has 0 fully saturated rings. The van der Waals surface area contributed by atoms with E-state index in [1.165, 1.54) is 11.3 Å². The number of aromatic nitrogens is 2. The average Bonchev–Trinajstić information content (AvgIpc) is 2.52. The molecular formula is C8H14N2O2S2. The summed E-state index contributed by atoms with van der Waals surface area (Å²) in [6.07, 6.45) is 0.920. The molecule has 0 saturated carbocycles. The van der Waals surface area contributed by atoms with Crippen molar-refractivity contribution in [2.75, 3.05) is 12.4 Å². The summed E-state index contributed by atoms with van der Waals surface area (Å²) in [5, 5.41) is 17.1. The summed E-state index contributed by atoms with van der Waals surface area (Å²) in [5.41, 5.74) is 0. The van der Waals surface area contributed by atoms with E-state index in [1.54, 1.807) is 11.8 Å². The lowest BCUT2D eigenvalue weighted by Crippen LogP contribution is -2.04. The molecule has 0 aliphatic carbocycles. The normalized spacial score (nSPS) is 10.9. The van der Waals surface area contributed by atoms with Gasteiger partial charge in [0.1, 0.15) is 0 Å². The molecule has 0 bridgehead atoms. The third-order valence-corrected chi connectivity index (χ3v) is 3.29. The van der Waals surface area contributed by atoms with E-state index in [9.17, 15) is 0 Å². The van der Waals surface area contributed by atoms with Crippen molar-refractivity contribution in [1.29, 1.82) is 0 Å². The molecule has 0 amide bonds. The zero-order chi connectivity index (χ0) is 10.4. The summed E-state index contributed by atoms with van der Waals surface area (Å²) in [5.74, 6) is 0.868. The molecule has 4 nitrogen and oxygen atoms in total. The molecule has 14 heavy (non-hydrogen) atoms. The van der Waals surface area contributed by atoms with Gasteiger partial charge in [0.2, 0.25) is 0 Å². The van der Waals surface area contributed by atoms with Crippen LogP contribution < -0.4 is 4.74 Å². The van der Waals surface area contributed by atoms with Gasteiger partial charge in [-0.3, -0.25) is 0 Å². The minimum Gasteiger partial charge on any atom is -0.466 e. The van der Waals surface area contributed by atoms with Crippen LogP contribution >= 0.6 is 23.1 Å². The van der Waals surface area contributed by atoms with Crippen LogP contribution in [0.15, 0.2) is 4.34 Å². The zero-order valence-corrected chi connectivity index (χ0v) is 9.90. The second-order valence-electron chi connectivity index (χ2n) is 2.93. The number of hydrogen-bond donors (Lipinski definition) is 1. The predicted molar refractivity (Wildman–Crippen MR) is 58.1 cm³/mol. The van der Waals surface area contributed by atoms with Crippen molar-refractivity contribution < 1.29 is 9.84 Å². The Morgan fingerprint density at radius 1 is 1.50 bits per heavy atom. The molecule has 0 radical (unpaired) electrons. The lowest BCUT2D eigenvalue weighted by atomic mass is 10.5. The highest BCUT2D eigenvalue weighted by Crippen LogP contribution is 2.27. The van der Waals surface area contributed by atoms with E-state index in [0.29, 0.717) is 5.19 Å². The summed E-state index contributed by atoms with van der Waals surface area (Å²) < 4.78 is 6.28. The highest BCUT2D eigenvalue weighted by molar-refractivity contribution is 8.01. The van der Waals surface area contributed by atoms with Crippen molar-refractivity contribution in [1.82, 2.24) is 10.2 Å². The topological polar surface area (TPSA) is 55.2 Å². The van der Waals surface area contributed by atoms with Gasteiger partial charge in [-0.2, -0.15) is 0 Å². The first-order chi connectivity index (χ1) is 6.72. The van der Waals surface area contributed by atoms with Crippen molar-refractivity contribution in [2.45, 2.75) is 30.7 Å². The first-order valence-corrected chi connectivity index (χ1v) is 6.26. The van der Waals surface area contributed by atoms with Crippen LogP contribution in [0.1, 0.15) is 20.3 Å². The largest absolute Gasteiger partial charge is 0.466 e. The maximum Gasteiger partial charge on any atom is 0.295 e. The summed E-state index contributed by atoms with van der Waals surface area (Å²) in [7, 11) is 0. The highest BCUT2D eigenvalue weighted by atomic mass is 32.2. The van der Waals surface area contributed by atoms with Gasteiger partial charge in [0.15, 0.2) is 4.34 Å². The number of rotatable bonds is 6. The Labute approximate surface area is 91.7 Å². The van der Waals surface area contributed by atoms with Gasteiger partial charge in [0.05, 0.1) is 6.10 Å². The van der Waals surface area contributed by atoms with E-state index in [2.05, 4.69) is 10.2 Å². The van der Waals surface area contributed by atoms with E-state index in [0.717, 1.165) is 16.5 Å². The van der Waals surface area contributed by atoms with E-state index in [1.807, 2.05) is 13.8 Å². The van der Waals surface area contributed by atoms with Crippen LogP contribution in [0.2, 0.25) is 0 Å². The van der Waals surface area contributed by atoms with Gasteiger partial charge in [-0.15, -0.1) is 5.10 Å². The maximum absolute atomic E-state index is 8.60. The van der Waals surface area contributed by atoms with Gasteiger partial charge in [0.25, 0.3) is 5.19 Å². The second-order valence-corrected chi connectivity index (χ2v) is 5.21. The first kappa shape index (κ1) is 11.7. The Kier molecular flexibility index (Phi) is 5.21. The lowest BCUT2D eigenvalue weighted by Gasteiger charge is -2.02.